The molecule has 1 aromatic rings. The van der Waals surface area contributed by atoms with E-state index in [0.29, 0.717) is 0 Å². The third kappa shape index (κ3) is 2.74. The van der Waals surface area contributed by atoms with Crippen LogP contribution in [-0.4, -0.2) is 18.3 Å². The molecule has 0 aliphatic rings. The Labute approximate surface area is 89.7 Å². The fraction of sp³-hybridized carbons (Fsp3) is 0.250. The summed E-state index contributed by atoms with van der Waals surface area (Å²) >= 11 is 3.03. The minimum absolute atomic E-state index is 0.478. The molecule has 0 radical (unpaired) electrons. The molecule has 14 heavy (non-hydrogen) atoms. The number of thioether (sulfide) groups is 1. The number of rotatable bonds is 4. The van der Waals surface area contributed by atoms with Crippen LogP contribution in [-0.2, 0) is 0 Å². The Kier molecular flexibility index (Phi) is 3.97. The van der Waals surface area contributed by atoms with Crippen molar-refractivity contribution < 1.29 is 9.66 Å². The van der Waals surface area contributed by atoms with Crippen molar-refractivity contribution in [3.05, 3.63) is 27.9 Å². The van der Waals surface area contributed by atoms with Gasteiger partial charge in [0.15, 0.2) is 5.06 Å². The number of thiophene rings is 1. The van der Waals surface area contributed by atoms with Gasteiger partial charge < -0.3 is 4.74 Å². The van der Waals surface area contributed by atoms with E-state index >= 15 is 0 Å². The van der Waals surface area contributed by atoms with Crippen LogP contribution in [0, 0.1) is 10.1 Å². The van der Waals surface area contributed by atoms with Gasteiger partial charge in [-0.1, -0.05) is 11.3 Å². The van der Waals surface area contributed by atoms with Gasteiger partial charge in [0.1, 0.15) is 0 Å². The summed E-state index contributed by atoms with van der Waals surface area (Å²) in [6, 6.07) is 1.79. The first kappa shape index (κ1) is 11.1. The quantitative estimate of drug-likeness (QED) is 0.454. The van der Waals surface area contributed by atoms with E-state index in [2.05, 4.69) is 0 Å². The van der Waals surface area contributed by atoms with Crippen LogP contribution in [0.2, 0.25) is 0 Å². The minimum atomic E-state index is -0.478. The highest BCUT2D eigenvalue weighted by atomic mass is 32.2. The van der Waals surface area contributed by atoms with Crippen LogP contribution in [0.25, 0.3) is 6.08 Å². The van der Waals surface area contributed by atoms with Gasteiger partial charge >= 0.3 is 0 Å². The predicted molar refractivity (Wildman–Crippen MR) is 58.7 cm³/mol. The van der Waals surface area contributed by atoms with Crippen molar-refractivity contribution in [2.75, 3.05) is 13.4 Å². The van der Waals surface area contributed by atoms with Gasteiger partial charge in [0, 0.05) is 17.7 Å². The molecule has 0 N–H and O–H groups in total. The SMILES string of the molecule is COc1cc(/C=C/[N+](=O)[O-])c(SC)s1. The normalized spacial score (nSPS) is 10.7. The zero-order valence-electron chi connectivity index (χ0n) is 7.72. The van der Waals surface area contributed by atoms with Gasteiger partial charge in [0.25, 0.3) is 0 Å². The molecule has 0 fully saturated rings. The summed E-state index contributed by atoms with van der Waals surface area (Å²) in [5.41, 5.74) is 0.830. The van der Waals surface area contributed by atoms with Crippen LogP contribution in [0.3, 0.4) is 0 Å². The second-order valence-electron chi connectivity index (χ2n) is 2.32. The van der Waals surface area contributed by atoms with E-state index in [0.717, 1.165) is 21.0 Å². The van der Waals surface area contributed by atoms with Crippen molar-refractivity contribution in [1.82, 2.24) is 0 Å². The molecule has 0 aliphatic heterocycles. The highest BCUT2D eigenvalue weighted by molar-refractivity contribution is 8.00. The fourth-order valence-corrected chi connectivity index (χ4v) is 2.52. The van der Waals surface area contributed by atoms with Crippen LogP contribution in [0.4, 0.5) is 0 Å². The fourth-order valence-electron chi connectivity index (χ4n) is 0.883. The van der Waals surface area contributed by atoms with Crippen molar-refractivity contribution in [2.45, 2.75) is 4.21 Å². The molecule has 0 saturated carbocycles. The third-order valence-electron chi connectivity index (χ3n) is 1.46. The summed E-state index contributed by atoms with van der Waals surface area (Å²) < 4.78 is 6.06. The van der Waals surface area contributed by atoms with Crippen molar-refractivity contribution in [3.63, 3.8) is 0 Å². The highest BCUT2D eigenvalue weighted by Crippen LogP contribution is 2.36. The zero-order valence-corrected chi connectivity index (χ0v) is 9.35. The summed E-state index contributed by atoms with van der Waals surface area (Å²) in [4.78, 5) is 9.65. The van der Waals surface area contributed by atoms with Gasteiger partial charge in [0.05, 0.1) is 16.2 Å². The van der Waals surface area contributed by atoms with Crippen LogP contribution in [0.15, 0.2) is 16.5 Å². The summed E-state index contributed by atoms with van der Waals surface area (Å²) in [5.74, 6) is 0. The van der Waals surface area contributed by atoms with E-state index < -0.39 is 4.92 Å². The Hall–Kier alpha value is -1.01. The Morgan fingerprint density at radius 2 is 2.43 bits per heavy atom. The Balaban J connectivity index is 2.94. The second kappa shape index (κ2) is 5.02. The predicted octanol–water partition coefficient (Wildman–Crippen LogP) is 2.73. The number of hydrogen-bond acceptors (Lipinski definition) is 5. The van der Waals surface area contributed by atoms with E-state index in [1.54, 1.807) is 24.9 Å². The number of ether oxygens (including phenoxy) is 1. The number of hydrogen-bond donors (Lipinski definition) is 0. The number of methoxy groups -OCH3 is 1. The molecular formula is C8H9NO3S2. The Morgan fingerprint density at radius 1 is 1.71 bits per heavy atom. The summed E-state index contributed by atoms with van der Waals surface area (Å²) in [7, 11) is 1.58. The molecule has 76 valence electrons. The molecule has 4 nitrogen and oxygen atoms in total. The average Bonchev–Trinajstić information content (AvgIpc) is 2.57. The molecule has 1 heterocycles. The van der Waals surface area contributed by atoms with E-state index in [-0.39, 0.29) is 0 Å². The largest absolute Gasteiger partial charge is 0.487 e. The zero-order chi connectivity index (χ0) is 10.6. The monoisotopic (exact) mass is 231 g/mol. The van der Waals surface area contributed by atoms with Gasteiger partial charge in [-0.05, 0) is 6.26 Å². The molecule has 0 bridgehead atoms. The maximum Gasteiger partial charge on any atom is 0.235 e. The molecule has 1 rings (SSSR count). The molecule has 0 atom stereocenters. The van der Waals surface area contributed by atoms with Crippen LogP contribution in [0.1, 0.15) is 5.56 Å². The maximum atomic E-state index is 10.1. The maximum absolute atomic E-state index is 10.1. The lowest BCUT2D eigenvalue weighted by Crippen LogP contribution is -1.81. The van der Waals surface area contributed by atoms with Crippen molar-refractivity contribution in [2.24, 2.45) is 0 Å². The molecule has 0 amide bonds. The number of nitrogens with zero attached hydrogens (tertiary/aromatic N) is 1. The van der Waals surface area contributed by atoms with Gasteiger partial charge in [-0.15, -0.1) is 11.8 Å². The van der Waals surface area contributed by atoms with Crippen molar-refractivity contribution in [3.8, 4) is 5.06 Å². The van der Waals surface area contributed by atoms with E-state index in [9.17, 15) is 10.1 Å². The molecule has 0 spiro atoms. The molecule has 1 aromatic heterocycles. The average molecular weight is 231 g/mol. The first-order valence-corrected chi connectivity index (χ1v) is 5.75. The lowest BCUT2D eigenvalue weighted by molar-refractivity contribution is -0.400. The minimum Gasteiger partial charge on any atom is -0.487 e. The van der Waals surface area contributed by atoms with E-state index in [1.807, 2.05) is 6.26 Å². The summed E-state index contributed by atoms with van der Waals surface area (Å²) in [6.45, 7) is 0. The van der Waals surface area contributed by atoms with Crippen LogP contribution >= 0.6 is 23.1 Å². The molecule has 0 aliphatic carbocycles. The molecule has 0 aromatic carbocycles. The Morgan fingerprint density at radius 3 is 2.93 bits per heavy atom. The molecular weight excluding hydrogens is 222 g/mol. The first-order chi connectivity index (χ1) is 6.67. The molecule has 6 heteroatoms. The number of nitro groups is 1. The molecule has 0 unspecified atom stereocenters. The van der Waals surface area contributed by atoms with E-state index in [4.69, 9.17) is 4.74 Å². The second-order valence-corrected chi connectivity index (χ2v) is 4.41. The summed E-state index contributed by atoms with van der Waals surface area (Å²) in [6.07, 6.45) is 4.33. The highest BCUT2D eigenvalue weighted by Gasteiger charge is 2.06. The summed E-state index contributed by atoms with van der Waals surface area (Å²) in [5, 5.41) is 10.9. The topological polar surface area (TPSA) is 52.4 Å². The third-order valence-corrected chi connectivity index (χ3v) is 3.73. The van der Waals surface area contributed by atoms with Crippen LogP contribution < -0.4 is 4.74 Å². The van der Waals surface area contributed by atoms with Gasteiger partial charge in [-0.2, -0.15) is 0 Å². The smallest absolute Gasteiger partial charge is 0.235 e. The molecule has 0 saturated heterocycles. The van der Waals surface area contributed by atoms with Gasteiger partial charge in [-0.25, -0.2) is 0 Å². The van der Waals surface area contributed by atoms with Crippen molar-refractivity contribution in [1.29, 1.82) is 0 Å². The van der Waals surface area contributed by atoms with Crippen LogP contribution in [0.5, 0.6) is 5.06 Å². The lowest BCUT2D eigenvalue weighted by atomic mass is 10.3. The van der Waals surface area contributed by atoms with E-state index in [1.165, 1.54) is 17.4 Å². The standard InChI is InChI=1S/C8H9NO3S2/c1-12-7-5-6(3-4-9(10)11)8(13-2)14-7/h3-5H,1-2H3/b4-3+. The Bertz CT molecular complexity index is 359. The van der Waals surface area contributed by atoms with Gasteiger partial charge in [0.2, 0.25) is 6.20 Å². The lowest BCUT2D eigenvalue weighted by Gasteiger charge is -1.89. The van der Waals surface area contributed by atoms with Crippen molar-refractivity contribution >= 4 is 29.2 Å². The first-order valence-electron chi connectivity index (χ1n) is 3.71. The van der Waals surface area contributed by atoms with Gasteiger partial charge in [-0.3, -0.25) is 10.1 Å².